The highest BCUT2D eigenvalue weighted by Crippen LogP contribution is 2.23. The number of hydrogen-bond acceptors (Lipinski definition) is 12. The minimum atomic E-state index is -1.36. The number of esters is 1. The molecule has 55 heavy (non-hydrogen) atoms. The molecule has 4 heterocycles. The number of methoxy groups -OCH3 is 1. The number of benzene rings is 2. The lowest BCUT2D eigenvalue weighted by atomic mass is 10.0. The first kappa shape index (κ1) is 40.8. The van der Waals surface area contributed by atoms with E-state index in [-0.39, 0.29) is 44.7 Å². The van der Waals surface area contributed by atoms with Gasteiger partial charge in [-0.05, 0) is 62.9 Å². The maximum absolute atomic E-state index is 14.2. The highest BCUT2D eigenvalue weighted by atomic mass is 16.5. The summed E-state index contributed by atoms with van der Waals surface area (Å²) >= 11 is 0. The topological polar surface area (TPSA) is 218 Å². The molecule has 6 rings (SSSR count). The van der Waals surface area contributed by atoms with Gasteiger partial charge in [0.1, 0.15) is 36.4 Å². The molecule has 3 aromatic rings. The van der Waals surface area contributed by atoms with E-state index in [0.717, 1.165) is 11.1 Å². The Morgan fingerprint density at radius 1 is 1.07 bits per heavy atom. The molecule has 1 aromatic heterocycles. The molecule has 296 valence electrons. The van der Waals surface area contributed by atoms with Crippen molar-refractivity contribution in [2.45, 2.75) is 95.0 Å². The fourth-order valence-electron chi connectivity index (χ4n) is 6.58. The maximum atomic E-state index is 14.2. The highest BCUT2D eigenvalue weighted by molar-refractivity contribution is 5.91. The van der Waals surface area contributed by atoms with Crippen LogP contribution in [0.3, 0.4) is 0 Å². The predicted molar refractivity (Wildman–Crippen MR) is 199 cm³/mol. The van der Waals surface area contributed by atoms with E-state index in [1.54, 1.807) is 49.1 Å². The SMILES string of the molecule is CN[C@@H](C)C(=O)N[C@H]1CCC(=O)NCc2cn(nn2)CCOc2ccc(cc2)C[C@@H](C(=O)OC)NC(=O)[C@H](Cc2ccccc2)NC(O)[C@@H]2CCCN2C1=O. The molecule has 17 nitrogen and oxygen atoms in total. The summed E-state index contributed by atoms with van der Waals surface area (Å²) < 4.78 is 12.5. The van der Waals surface area contributed by atoms with E-state index in [0.29, 0.717) is 37.4 Å². The molecule has 4 amide bonds. The van der Waals surface area contributed by atoms with Crippen LogP contribution in [0.2, 0.25) is 0 Å². The molecule has 1 unspecified atom stereocenters. The summed E-state index contributed by atoms with van der Waals surface area (Å²) in [4.78, 5) is 68.6. The van der Waals surface area contributed by atoms with Crippen LogP contribution in [0.25, 0.3) is 0 Å². The van der Waals surface area contributed by atoms with E-state index in [1.807, 2.05) is 30.3 Å². The summed E-state index contributed by atoms with van der Waals surface area (Å²) in [7, 11) is 2.87. The monoisotopic (exact) mass is 761 g/mol. The number of nitrogens with zero attached hydrogens (tertiary/aromatic N) is 4. The number of likely N-dealkylation sites (N-methyl/N-ethyl adjacent to an activating group) is 1. The summed E-state index contributed by atoms with van der Waals surface area (Å²) in [6.45, 7) is 2.72. The van der Waals surface area contributed by atoms with Crippen LogP contribution in [-0.4, -0.2) is 118 Å². The van der Waals surface area contributed by atoms with E-state index in [9.17, 15) is 29.1 Å². The van der Waals surface area contributed by atoms with Crippen LogP contribution in [0.1, 0.15) is 49.4 Å². The zero-order valence-corrected chi connectivity index (χ0v) is 31.4. The second-order valence-corrected chi connectivity index (χ2v) is 13.7. The van der Waals surface area contributed by atoms with Crippen molar-refractivity contribution in [3.63, 3.8) is 0 Å². The fraction of sp³-hybridized carbons (Fsp3) is 0.500. The Hall–Kier alpha value is -5.39. The number of amides is 4. The van der Waals surface area contributed by atoms with Crippen LogP contribution in [0, 0.1) is 0 Å². The molecule has 0 saturated carbocycles. The van der Waals surface area contributed by atoms with E-state index in [4.69, 9.17) is 9.47 Å². The molecule has 17 heteroatoms. The minimum absolute atomic E-state index is 0.00169. The molecule has 0 aliphatic carbocycles. The van der Waals surface area contributed by atoms with E-state index >= 15 is 0 Å². The van der Waals surface area contributed by atoms with Gasteiger partial charge in [0.15, 0.2) is 0 Å². The summed E-state index contributed by atoms with van der Waals surface area (Å²) in [6, 6.07) is 11.8. The van der Waals surface area contributed by atoms with Gasteiger partial charge in [0, 0.05) is 19.4 Å². The van der Waals surface area contributed by atoms with Crippen LogP contribution in [0.4, 0.5) is 0 Å². The summed E-state index contributed by atoms with van der Waals surface area (Å²) in [5.74, 6) is -1.84. The number of nitrogens with one attached hydrogen (secondary N) is 5. The average molecular weight is 762 g/mol. The summed E-state index contributed by atoms with van der Waals surface area (Å²) in [5.41, 5.74) is 2.07. The molecule has 3 aliphatic heterocycles. The van der Waals surface area contributed by atoms with Crippen LogP contribution >= 0.6 is 0 Å². The summed E-state index contributed by atoms with van der Waals surface area (Å²) in [6.07, 6.45) is 1.52. The van der Waals surface area contributed by atoms with Crippen molar-refractivity contribution in [1.29, 1.82) is 0 Å². The predicted octanol–water partition coefficient (Wildman–Crippen LogP) is -0.430. The number of fused-ring (bicyclic) bond motifs is 16. The molecular formula is C38H51N9O8. The standard InChI is InChI=1S/C38H51N9O8/c1-24(39-2)34(49)41-29-15-16-33(48)40-22-27-23-46(45-44-27)18-19-55-28-13-11-26(12-14-28)21-31(38(53)54-3)43-35(50)30(20-25-8-5-4-6-9-25)42-36(51)32-10-7-17-47(32)37(29)52/h4-6,8-9,11-14,23-24,29-32,36,39,42,51H,7,10,15-22H2,1-3H3,(H,40,48)(H,41,49)(H,43,50)/t24-,29-,30-,31-,32-,36?/m0/s1. The zero-order chi connectivity index (χ0) is 39.3. The largest absolute Gasteiger partial charge is 0.492 e. The fourth-order valence-corrected chi connectivity index (χ4v) is 6.58. The third-order valence-corrected chi connectivity index (χ3v) is 9.83. The minimum Gasteiger partial charge on any atom is -0.492 e. The first-order chi connectivity index (χ1) is 26.5. The number of rotatable bonds is 6. The lowest BCUT2D eigenvalue weighted by molar-refractivity contribution is -0.145. The van der Waals surface area contributed by atoms with Crippen molar-refractivity contribution >= 4 is 29.6 Å². The van der Waals surface area contributed by atoms with E-state index in [2.05, 4.69) is 36.9 Å². The van der Waals surface area contributed by atoms with E-state index in [1.165, 1.54) is 12.0 Å². The number of carbonyl (C=O) groups is 5. The molecule has 0 spiro atoms. The van der Waals surface area contributed by atoms with Gasteiger partial charge < -0.3 is 40.7 Å². The van der Waals surface area contributed by atoms with Crippen molar-refractivity contribution in [3.05, 3.63) is 77.6 Å². The molecule has 1 saturated heterocycles. The Morgan fingerprint density at radius 3 is 2.56 bits per heavy atom. The van der Waals surface area contributed by atoms with Gasteiger partial charge in [-0.25, -0.2) is 9.48 Å². The van der Waals surface area contributed by atoms with Crippen LogP contribution in [0.5, 0.6) is 5.75 Å². The molecule has 6 N–H and O–H groups in total. The van der Waals surface area contributed by atoms with Gasteiger partial charge in [0.2, 0.25) is 23.6 Å². The molecular weight excluding hydrogens is 710 g/mol. The molecule has 2 aromatic carbocycles. The lowest BCUT2D eigenvalue weighted by Crippen LogP contribution is -2.60. The normalized spacial score (nSPS) is 23.8. The van der Waals surface area contributed by atoms with Crippen LogP contribution in [-0.2, 0) is 54.6 Å². The Labute approximate surface area is 319 Å². The molecule has 6 atom stereocenters. The van der Waals surface area contributed by atoms with Gasteiger partial charge in [0.25, 0.3) is 0 Å². The van der Waals surface area contributed by atoms with Crippen molar-refractivity contribution in [2.75, 3.05) is 27.3 Å². The number of carbonyl (C=O) groups excluding carboxylic acids is 5. The van der Waals surface area contributed by atoms with Crippen molar-refractivity contribution in [3.8, 4) is 5.75 Å². The Balaban J connectivity index is 1.42. The Morgan fingerprint density at radius 2 is 1.84 bits per heavy atom. The third-order valence-electron chi connectivity index (χ3n) is 9.83. The van der Waals surface area contributed by atoms with Crippen LogP contribution < -0.4 is 31.3 Å². The third kappa shape index (κ3) is 11.6. The maximum Gasteiger partial charge on any atom is 0.328 e. The van der Waals surface area contributed by atoms with E-state index < -0.39 is 60.1 Å². The van der Waals surface area contributed by atoms with Gasteiger partial charge in [-0.1, -0.05) is 47.7 Å². The van der Waals surface area contributed by atoms with Gasteiger partial charge in [-0.3, -0.25) is 24.5 Å². The number of aromatic nitrogens is 3. The molecule has 0 radical (unpaired) electrons. The van der Waals surface area contributed by atoms with Crippen molar-refractivity contribution < 1.29 is 38.6 Å². The Bertz CT molecular complexity index is 1760. The number of aliphatic hydroxyl groups is 1. The lowest BCUT2D eigenvalue weighted by Gasteiger charge is -2.34. The van der Waals surface area contributed by atoms with Gasteiger partial charge in [-0.15, -0.1) is 5.10 Å². The first-order valence-corrected chi connectivity index (χ1v) is 18.6. The first-order valence-electron chi connectivity index (χ1n) is 18.6. The van der Waals surface area contributed by atoms with Crippen LogP contribution in [0.15, 0.2) is 60.8 Å². The summed E-state index contributed by atoms with van der Waals surface area (Å²) in [5, 5.41) is 34.2. The average Bonchev–Trinajstić information content (AvgIpc) is 3.88. The highest BCUT2D eigenvalue weighted by Gasteiger charge is 2.39. The van der Waals surface area contributed by atoms with Gasteiger partial charge in [-0.2, -0.15) is 0 Å². The second-order valence-electron chi connectivity index (χ2n) is 13.7. The molecule has 3 aliphatic rings. The van der Waals surface area contributed by atoms with Gasteiger partial charge >= 0.3 is 5.97 Å². The number of hydrogen-bond donors (Lipinski definition) is 6. The molecule has 4 bridgehead atoms. The zero-order valence-electron chi connectivity index (χ0n) is 31.4. The number of aliphatic hydroxyl groups excluding tert-OH is 1. The smallest absolute Gasteiger partial charge is 0.328 e. The van der Waals surface area contributed by atoms with Crippen molar-refractivity contribution in [1.82, 2.24) is 46.5 Å². The van der Waals surface area contributed by atoms with Gasteiger partial charge in [0.05, 0.1) is 44.5 Å². The Kier molecular flexibility index (Phi) is 14.7. The second kappa shape index (κ2) is 19.8. The van der Waals surface area contributed by atoms with Crippen molar-refractivity contribution in [2.24, 2.45) is 0 Å². The molecule has 1 fully saturated rings. The number of ether oxygens (including phenoxy) is 2. The quantitative estimate of drug-likeness (QED) is 0.177.